The number of rotatable bonds is 5. The van der Waals surface area contributed by atoms with Gasteiger partial charge in [0.1, 0.15) is 11.5 Å². The topological polar surface area (TPSA) is 44.5 Å². The summed E-state index contributed by atoms with van der Waals surface area (Å²) in [5.74, 6) is 2.59. The average molecular weight is 283 g/mol. The molecule has 0 bridgehead atoms. The fourth-order valence-corrected chi connectivity index (χ4v) is 3.12. The number of benzene rings is 2. The Morgan fingerprint density at radius 1 is 0.952 bits per heavy atom. The minimum absolute atomic E-state index is 0.0682. The zero-order valence-electron chi connectivity index (χ0n) is 12.5. The van der Waals surface area contributed by atoms with Crippen molar-refractivity contribution in [3.05, 3.63) is 59.7 Å². The van der Waals surface area contributed by atoms with Crippen molar-refractivity contribution in [1.82, 2.24) is 0 Å². The smallest absolute Gasteiger partial charge is 0.127 e. The van der Waals surface area contributed by atoms with Crippen LogP contribution < -0.4 is 15.2 Å². The lowest BCUT2D eigenvalue weighted by Crippen LogP contribution is -2.16. The lowest BCUT2D eigenvalue weighted by Gasteiger charge is -2.19. The summed E-state index contributed by atoms with van der Waals surface area (Å²) in [7, 11) is 3.35. The normalized spacial score (nSPS) is 21.7. The van der Waals surface area contributed by atoms with Crippen LogP contribution in [0.15, 0.2) is 48.5 Å². The fraction of sp³-hybridized carbons (Fsp3) is 0.333. The van der Waals surface area contributed by atoms with Crippen LogP contribution in [0.4, 0.5) is 0 Å². The predicted molar refractivity (Wildman–Crippen MR) is 83.8 cm³/mol. The lowest BCUT2D eigenvalue weighted by atomic mass is 9.98. The highest BCUT2D eigenvalue weighted by Gasteiger charge is 2.44. The standard InChI is InChI=1S/C18H21NO2/c1-20-15-9-6-10-16(21-2)17(15)18(19)14-11-13(14)12-7-4-3-5-8-12/h3-10,13-14,18H,11,19H2,1-2H3. The van der Waals surface area contributed by atoms with E-state index in [1.165, 1.54) is 5.56 Å². The largest absolute Gasteiger partial charge is 0.496 e. The van der Waals surface area contributed by atoms with Crippen molar-refractivity contribution < 1.29 is 9.47 Å². The first-order valence-electron chi connectivity index (χ1n) is 7.27. The quantitative estimate of drug-likeness (QED) is 0.913. The molecule has 2 aromatic carbocycles. The van der Waals surface area contributed by atoms with Gasteiger partial charge in [-0.05, 0) is 36.0 Å². The number of ether oxygens (including phenoxy) is 2. The maximum atomic E-state index is 6.52. The summed E-state index contributed by atoms with van der Waals surface area (Å²) in [5.41, 5.74) is 8.87. The molecule has 1 aliphatic rings. The third-order valence-corrected chi connectivity index (χ3v) is 4.33. The van der Waals surface area contributed by atoms with Crippen molar-refractivity contribution in [3.63, 3.8) is 0 Å². The summed E-state index contributed by atoms with van der Waals surface area (Å²) < 4.78 is 10.9. The molecule has 2 aromatic rings. The van der Waals surface area contributed by atoms with Crippen LogP contribution in [0.5, 0.6) is 11.5 Å². The summed E-state index contributed by atoms with van der Waals surface area (Å²) in [6.45, 7) is 0. The van der Waals surface area contributed by atoms with Crippen LogP contribution in [0.1, 0.15) is 29.5 Å². The molecule has 0 aliphatic heterocycles. The number of hydrogen-bond donors (Lipinski definition) is 1. The monoisotopic (exact) mass is 283 g/mol. The van der Waals surface area contributed by atoms with E-state index >= 15 is 0 Å². The molecule has 1 aliphatic carbocycles. The molecule has 0 spiro atoms. The van der Waals surface area contributed by atoms with Crippen molar-refractivity contribution in [2.75, 3.05) is 14.2 Å². The van der Waals surface area contributed by atoms with Gasteiger partial charge in [0.25, 0.3) is 0 Å². The van der Waals surface area contributed by atoms with Crippen LogP contribution in [0.25, 0.3) is 0 Å². The molecule has 0 saturated heterocycles. The first kappa shape index (κ1) is 14.0. The van der Waals surface area contributed by atoms with Crippen LogP contribution in [0.2, 0.25) is 0 Å². The van der Waals surface area contributed by atoms with Gasteiger partial charge in [0.15, 0.2) is 0 Å². The highest BCUT2D eigenvalue weighted by atomic mass is 16.5. The minimum Gasteiger partial charge on any atom is -0.496 e. The van der Waals surface area contributed by atoms with Gasteiger partial charge in [-0.25, -0.2) is 0 Å². The second-order valence-corrected chi connectivity index (χ2v) is 5.52. The molecule has 3 heteroatoms. The van der Waals surface area contributed by atoms with E-state index in [4.69, 9.17) is 15.2 Å². The van der Waals surface area contributed by atoms with Crippen LogP contribution in [0.3, 0.4) is 0 Å². The Labute approximate surface area is 125 Å². The molecule has 1 saturated carbocycles. The van der Waals surface area contributed by atoms with Gasteiger partial charge in [-0.3, -0.25) is 0 Å². The molecule has 3 nitrogen and oxygen atoms in total. The highest BCUT2D eigenvalue weighted by molar-refractivity contribution is 5.48. The van der Waals surface area contributed by atoms with Crippen molar-refractivity contribution in [2.45, 2.75) is 18.4 Å². The summed E-state index contributed by atoms with van der Waals surface area (Å²) in [6, 6.07) is 16.3. The molecule has 0 heterocycles. The molecule has 110 valence electrons. The van der Waals surface area contributed by atoms with Gasteiger partial charge in [0, 0.05) is 6.04 Å². The van der Waals surface area contributed by atoms with Crippen LogP contribution in [0, 0.1) is 5.92 Å². The molecule has 2 N–H and O–H groups in total. The molecule has 1 fully saturated rings. The Morgan fingerprint density at radius 2 is 1.57 bits per heavy atom. The van der Waals surface area contributed by atoms with E-state index in [0.717, 1.165) is 23.5 Å². The molecule has 21 heavy (non-hydrogen) atoms. The molecule has 0 radical (unpaired) electrons. The summed E-state index contributed by atoms with van der Waals surface area (Å²) >= 11 is 0. The Hall–Kier alpha value is -2.00. The Bertz CT molecular complexity index is 590. The van der Waals surface area contributed by atoms with Crippen LogP contribution >= 0.6 is 0 Å². The van der Waals surface area contributed by atoms with Gasteiger partial charge >= 0.3 is 0 Å². The van der Waals surface area contributed by atoms with E-state index < -0.39 is 0 Å². The van der Waals surface area contributed by atoms with E-state index in [-0.39, 0.29) is 6.04 Å². The van der Waals surface area contributed by atoms with Crippen molar-refractivity contribution in [1.29, 1.82) is 0 Å². The second-order valence-electron chi connectivity index (χ2n) is 5.52. The van der Waals surface area contributed by atoms with Crippen LogP contribution in [-0.2, 0) is 0 Å². The van der Waals surface area contributed by atoms with Gasteiger partial charge in [-0.15, -0.1) is 0 Å². The van der Waals surface area contributed by atoms with Gasteiger partial charge in [-0.1, -0.05) is 36.4 Å². The van der Waals surface area contributed by atoms with Gasteiger partial charge in [-0.2, -0.15) is 0 Å². The molecular weight excluding hydrogens is 262 g/mol. The first-order valence-corrected chi connectivity index (χ1v) is 7.27. The summed E-state index contributed by atoms with van der Waals surface area (Å²) in [5, 5.41) is 0. The highest BCUT2D eigenvalue weighted by Crippen LogP contribution is 2.55. The Balaban J connectivity index is 1.86. The van der Waals surface area contributed by atoms with E-state index in [0.29, 0.717) is 11.8 Å². The first-order chi connectivity index (χ1) is 10.3. The van der Waals surface area contributed by atoms with Crippen molar-refractivity contribution in [3.8, 4) is 11.5 Å². The van der Waals surface area contributed by atoms with E-state index in [9.17, 15) is 0 Å². The van der Waals surface area contributed by atoms with E-state index in [1.54, 1.807) is 14.2 Å². The SMILES string of the molecule is COc1cccc(OC)c1C(N)C1CC1c1ccccc1. The van der Waals surface area contributed by atoms with Gasteiger partial charge < -0.3 is 15.2 Å². The maximum absolute atomic E-state index is 6.52. The van der Waals surface area contributed by atoms with Crippen LogP contribution in [-0.4, -0.2) is 14.2 Å². The molecule has 3 unspecified atom stereocenters. The third-order valence-electron chi connectivity index (χ3n) is 4.33. The molecule has 3 rings (SSSR count). The Kier molecular flexibility index (Phi) is 3.84. The lowest BCUT2D eigenvalue weighted by molar-refractivity contribution is 0.374. The minimum atomic E-state index is -0.0682. The number of hydrogen-bond acceptors (Lipinski definition) is 3. The molecule has 3 atom stereocenters. The summed E-state index contributed by atoms with van der Waals surface area (Å²) in [6.07, 6.45) is 1.12. The van der Waals surface area contributed by atoms with Gasteiger partial charge in [0.2, 0.25) is 0 Å². The second kappa shape index (κ2) is 5.78. The molecule has 0 aromatic heterocycles. The average Bonchev–Trinajstić information content (AvgIpc) is 3.34. The van der Waals surface area contributed by atoms with E-state index in [1.807, 2.05) is 24.3 Å². The van der Waals surface area contributed by atoms with E-state index in [2.05, 4.69) is 24.3 Å². The zero-order valence-corrected chi connectivity index (χ0v) is 12.5. The third kappa shape index (κ3) is 2.61. The number of methoxy groups -OCH3 is 2. The predicted octanol–water partition coefficient (Wildman–Crippen LogP) is 3.51. The summed E-state index contributed by atoms with van der Waals surface area (Å²) in [4.78, 5) is 0. The molecular formula is C18H21NO2. The Morgan fingerprint density at radius 3 is 2.14 bits per heavy atom. The maximum Gasteiger partial charge on any atom is 0.127 e. The molecule has 0 amide bonds. The fourth-order valence-electron chi connectivity index (χ4n) is 3.12. The van der Waals surface area contributed by atoms with Crippen molar-refractivity contribution in [2.24, 2.45) is 11.7 Å². The zero-order chi connectivity index (χ0) is 14.8. The van der Waals surface area contributed by atoms with Gasteiger partial charge in [0.05, 0.1) is 19.8 Å². The van der Waals surface area contributed by atoms with Crippen molar-refractivity contribution >= 4 is 0 Å². The number of nitrogens with two attached hydrogens (primary N) is 1.